The van der Waals surface area contributed by atoms with Crippen LogP contribution in [-0.4, -0.2) is 6.79 Å². The summed E-state index contributed by atoms with van der Waals surface area (Å²) < 4.78 is 0. The van der Waals surface area contributed by atoms with Gasteiger partial charge < -0.3 is 4.79 Å². The van der Waals surface area contributed by atoms with Crippen LogP contribution in [0.2, 0.25) is 0 Å². The third-order valence-electron chi connectivity index (χ3n) is 2.26. The van der Waals surface area contributed by atoms with Gasteiger partial charge >= 0.3 is 0 Å². The molecule has 1 aromatic carbocycles. The molecule has 0 fully saturated rings. The number of hydrogen-bond donors (Lipinski definition) is 1. The van der Waals surface area contributed by atoms with Crippen molar-refractivity contribution in [1.82, 2.24) is 0 Å². The molecule has 0 saturated heterocycles. The predicted molar refractivity (Wildman–Crippen MR) is 81.2 cm³/mol. The fraction of sp³-hybridized carbons (Fsp3) is 0.133. The molecule has 1 rings (SSSR count). The average Bonchev–Trinajstić information content (AvgIpc) is 2.46. The zero-order chi connectivity index (χ0) is 13.8. The fourth-order valence-corrected chi connectivity index (χ4v) is 2.09. The molecule has 0 spiro atoms. The molecular formula is C15H19NOS. The van der Waals surface area contributed by atoms with Crippen molar-refractivity contribution in [3.8, 4) is 0 Å². The summed E-state index contributed by atoms with van der Waals surface area (Å²) in [7, 11) is 0. The number of benzene rings is 1. The molecule has 2 nitrogen and oxygen atoms in total. The Balaban J connectivity index is 0.00000137. The van der Waals surface area contributed by atoms with E-state index in [-0.39, 0.29) is 5.25 Å². The molecule has 1 aromatic rings. The molecule has 0 heterocycles. The van der Waals surface area contributed by atoms with Gasteiger partial charge in [-0.3, -0.25) is 5.14 Å². The third-order valence-corrected chi connectivity index (χ3v) is 3.07. The number of nitrogens with two attached hydrogens (primary N) is 1. The molecule has 0 aliphatic carbocycles. The van der Waals surface area contributed by atoms with E-state index < -0.39 is 0 Å². The highest BCUT2D eigenvalue weighted by Crippen LogP contribution is 2.32. The standard InChI is InChI=1S/C14H17NS.CH2O/c1-3-5-9-12(4-2)14(16-15)13-10-7-6-8-11-13;1-2/h3-11,14H,2,15H2,1H3;1H2/b5-3-,12-9+;. The van der Waals surface area contributed by atoms with Gasteiger partial charge in [-0.05, 0) is 18.1 Å². The van der Waals surface area contributed by atoms with Crippen molar-refractivity contribution in [2.75, 3.05) is 0 Å². The van der Waals surface area contributed by atoms with E-state index in [9.17, 15) is 0 Å². The fourth-order valence-electron chi connectivity index (χ4n) is 1.45. The maximum absolute atomic E-state index is 8.00. The molecule has 1 unspecified atom stereocenters. The van der Waals surface area contributed by atoms with Crippen LogP contribution in [0.5, 0.6) is 0 Å². The lowest BCUT2D eigenvalue weighted by Gasteiger charge is -2.15. The van der Waals surface area contributed by atoms with Gasteiger partial charge in [-0.1, -0.05) is 73.2 Å². The Hall–Kier alpha value is -1.58. The minimum absolute atomic E-state index is 0.148. The molecule has 0 aliphatic rings. The normalized spacial score (nSPS) is 12.7. The van der Waals surface area contributed by atoms with E-state index in [0.717, 1.165) is 5.57 Å². The lowest BCUT2D eigenvalue weighted by Crippen LogP contribution is -1.99. The van der Waals surface area contributed by atoms with E-state index >= 15 is 0 Å². The van der Waals surface area contributed by atoms with Crippen LogP contribution in [0.4, 0.5) is 0 Å². The Kier molecular flexibility index (Phi) is 9.64. The second-order valence-electron chi connectivity index (χ2n) is 3.32. The SMILES string of the molecule is C=C/C(=C\C=C/C)C(SN)c1ccccc1.C=O. The van der Waals surface area contributed by atoms with Crippen molar-refractivity contribution in [3.63, 3.8) is 0 Å². The number of hydrogen-bond acceptors (Lipinski definition) is 3. The van der Waals surface area contributed by atoms with E-state index in [1.54, 1.807) is 0 Å². The van der Waals surface area contributed by atoms with E-state index in [2.05, 4.69) is 18.7 Å². The molecule has 2 N–H and O–H groups in total. The van der Waals surface area contributed by atoms with Crippen molar-refractivity contribution >= 4 is 18.7 Å². The minimum Gasteiger partial charge on any atom is -0.307 e. The van der Waals surface area contributed by atoms with Gasteiger partial charge in [0.2, 0.25) is 0 Å². The van der Waals surface area contributed by atoms with Gasteiger partial charge in [-0.25, -0.2) is 0 Å². The Morgan fingerprint density at radius 3 is 2.39 bits per heavy atom. The molecule has 0 aliphatic heterocycles. The number of carbonyl (C=O) groups is 1. The smallest absolute Gasteiger partial charge is 0.106 e. The minimum atomic E-state index is 0.148. The summed E-state index contributed by atoms with van der Waals surface area (Å²) in [4.78, 5) is 8.00. The van der Waals surface area contributed by atoms with E-state index in [1.807, 2.05) is 56.2 Å². The van der Waals surface area contributed by atoms with Crippen molar-refractivity contribution in [3.05, 3.63) is 72.4 Å². The van der Waals surface area contributed by atoms with E-state index in [1.165, 1.54) is 17.5 Å². The summed E-state index contributed by atoms with van der Waals surface area (Å²) >= 11 is 1.33. The monoisotopic (exact) mass is 261 g/mol. The molecule has 3 heteroatoms. The second-order valence-corrected chi connectivity index (χ2v) is 4.07. The van der Waals surface area contributed by atoms with Crippen molar-refractivity contribution in [2.45, 2.75) is 12.2 Å². The highest BCUT2D eigenvalue weighted by Gasteiger charge is 2.12. The number of allylic oxidation sites excluding steroid dienone is 4. The molecule has 0 bridgehead atoms. The largest absolute Gasteiger partial charge is 0.307 e. The van der Waals surface area contributed by atoms with Gasteiger partial charge in [0.1, 0.15) is 6.79 Å². The zero-order valence-electron chi connectivity index (χ0n) is 10.6. The van der Waals surface area contributed by atoms with Crippen LogP contribution in [0.15, 0.2) is 66.8 Å². The number of rotatable bonds is 5. The number of carbonyl (C=O) groups excluding carboxylic acids is 1. The van der Waals surface area contributed by atoms with Gasteiger partial charge in [0.25, 0.3) is 0 Å². The van der Waals surface area contributed by atoms with Crippen LogP contribution in [0, 0.1) is 0 Å². The van der Waals surface area contributed by atoms with Crippen LogP contribution in [0.1, 0.15) is 17.7 Å². The second kappa shape index (κ2) is 10.6. The molecule has 18 heavy (non-hydrogen) atoms. The Morgan fingerprint density at radius 2 is 1.94 bits per heavy atom. The Labute approximate surface area is 113 Å². The molecular weight excluding hydrogens is 242 g/mol. The zero-order valence-corrected chi connectivity index (χ0v) is 11.4. The summed E-state index contributed by atoms with van der Waals surface area (Å²) in [5.74, 6) is 0. The topological polar surface area (TPSA) is 43.1 Å². The van der Waals surface area contributed by atoms with Crippen LogP contribution < -0.4 is 5.14 Å². The maximum atomic E-state index is 8.00. The summed E-state index contributed by atoms with van der Waals surface area (Å²) in [5, 5.41) is 5.91. The van der Waals surface area contributed by atoms with Crippen LogP contribution in [0.3, 0.4) is 0 Å². The summed E-state index contributed by atoms with van der Waals surface area (Å²) in [5.41, 5.74) is 2.32. The van der Waals surface area contributed by atoms with Crippen molar-refractivity contribution in [2.24, 2.45) is 5.14 Å². The quantitative estimate of drug-likeness (QED) is 0.647. The summed E-state index contributed by atoms with van der Waals surface area (Å²) in [6.45, 7) is 7.83. The van der Waals surface area contributed by atoms with Crippen molar-refractivity contribution in [1.29, 1.82) is 0 Å². The van der Waals surface area contributed by atoms with Crippen LogP contribution in [0.25, 0.3) is 0 Å². The summed E-state index contributed by atoms with van der Waals surface area (Å²) in [6.07, 6.45) is 7.90. The molecule has 0 aromatic heterocycles. The van der Waals surface area contributed by atoms with E-state index in [0.29, 0.717) is 0 Å². The molecule has 1 atom stereocenters. The van der Waals surface area contributed by atoms with Crippen molar-refractivity contribution < 1.29 is 4.79 Å². The average molecular weight is 261 g/mol. The van der Waals surface area contributed by atoms with Gasteiger partial charge in [0.05, 0.1) is 5.25 Å². The van der Waals surface area contributed by atoms with E-state index in [4.69, 9.17) is 9.93 Å². The molecule has 0 saturated carbocycles. The first kappa shape index (κ1) is 16.4. The highest BCUT2D eigenvalue weighted by atomic mass is 32.2. The molecule has 0 amide bonds. The first-order valence-electron chi connectivity index (χ1n) is 5.48. The lowest BCUT2D eigenvalue weighted by molar-refractivity contribution is -0.0979. The lowest BCUT2D eigenvalue weighted by atomic mass is 10.0. The highest BCUT2D eigenvalue weighted by molar-refractivity contribution is 7.97. The van der Waals surface area contributed by atoms with Crippen LogP contribution in [-0.2, 0) is 4.79 Å². The summed E-state index contributed by atoms with van der Waals surface area (Å²) in [6, 6.07) is 10.2. The van der Waals surface area contributed by atoms with Gasteiger partial charge in [0, 0.05) is 0 Å². The molecule has 0 radical (unpaired) electrons. The van der Waals surface area contributed by atoms with Gasteiger partial charge in [-0.2, -0.15) is 0 Å². The van der Waals surface area contributed by atoms with Crippen LogP contribution >= 0.6 is 11.9 Å². The Bertz CT molecular complexity index is 398. The Morgan fingerprint density at radius 1 is 1.33 bits per heavy atom. The molecule has 96 valence electrons. The maximum Gasteiger partial charge on any atom is 0.106 e. The van der Waals surface area contributed by atoms with Gasteiger partial charge in [-0.15, -0.1) is 0 Å². The first-order chi connectivity index (χ1) is 8.83. The third kappa shape index (κ3) is 5.17. The van der Waals surface area contributed by atoms with Gasteiger partial charge in [0.15, 0.2) is 0 Å². The first-order valence-corrected chi connectivity index (χ1v) is 6.42. The predicted octanol–water partition coefficient (Wildman–Crippen LogP) is 3.84.